The van der Waals surface area contributed by atoms with Crippen LogP contribution >= 0.6 is 11.6 Å². The third kappa shape index (κ3) is 3.88. The lowest BCUT2D eigenvalue weighted by atomic mass is 10.1. The number of halogens is 1. The van der Waals surface area contributed by atoms with Gasteiger partial charge in [0, 0.05) is 11.8 Å². The number of hydrogen-bond acceptors (Lipinski definition) is 5. The van der Waals surface area contributed by atoms with Gasteiger partial charge in [-0.3, -0.25) is 14.5 Å². The molecule has 0 saturated carbocycles. The normalized spacial score (nSPS) is 12.8. The first-order valence-electron chi connectivity index (χ1n) is 8.84. The first kappa shape index (κ1) is 18.8. The van der Waals surface area contributed by atoms with E-state index in [1.54, 1.807) is 12.1 Å². The van der Waals surface area contributed by atoms with Crippen molar-refractivity contribution in [3.63, 3.8) is 0 Å². The van der Waals surface area contributed by atoms with Crippen LogP contribution in [0.1, 0.15) is 42.2 Å². The minimum atomic E-state index is -0.593. The quantitative estimate of drug-likeness (QED) is 0.365. The van der Waals surface area contributed by atoms with Crippen LogP contribution < -0.4 is 0 Å². The molecular weight excluding hydrogens is 392 g/mol. The van der Waals surface area contributed by atoms with E-state index in [9.17, 15) is 14.4 Å². The molecule has 144 valence electrons. The average molecular weight is 407 g/mol. The minimum absolute atomic E-state index is 0.0209. The summed E-state index contributed by atoms with van der Waals surface area (Å²) in [7, 11) is 0. The highest BCUT2D eigenvalue weighted by Crippen LogP contribution is 2.26. The van der Waals surface area contributed by atoms with E-state index in [4.69, 9.17) is 16.3 Å². The SMILES string of the molecule is O=C(OCc1ccc(Cl)nc1)c1ccc2c(c1)C(=O)N(Cc1ccccc1)C2=O. The molecule has 4 rings (SSSR count). The second-order valence-electron chi connectivity index (χ2n) is 6.51. The Labute approximate surface area is 171 Å². The predicted octanol–water partition coefficient (Wildman–Crippen LogP) is 3.89. The van der Waals surface area contributed by atoms with Gasteiger partial charge in [0.1, 0.15) is 11.8 Å². The van der Waals surface area contributed by atoms with Crippen molar-refractivity contribution in [1.29, 1.82) is 0 Å². The maximum absolute atomic E-state index is 12.7. The Balaban J connectivity index is 1.49. The zero-order valence-electron chi connectivity index (χ0n) is 15.2. The summed E-state index contributed by atoms with van der Waals surface area (Å²) < 4.78 is 5.27. The molecule has 0 spiro atoms. The smallest absolute Gasteiger partial charge is 0.338 e. The number of esters is 1. The van der Waals surface area contributed by atoms with Gasteiger partial charge in [-0.15, -0.1) is 0 Å². The lowest BCUT2D eigenvalue weighted by Crippen LogP contribution is -2.29. The molecule has 1 aliphatic rings. The van der Waals surface area contributed by atoms with E-state index in [0.29, 0.717) is 10.7 Å². The van der Waals surface area contributed by atoms with E-state index in [1.165, 1.54) is 29.3 Å². The minimum Gasteiger partial charge on any atom is -0.457 e. The fourth-order valence-corrected chi connectivity index (χ4v) is 3.16. The third-order valence-corrected chi connectivity index (χ3v) is 4.77. The first-order chi connectivity index (χ1) is 14.0. The lowest BCUT2D eigenvalue weighted by Gasteiger charge is -2.13. The van der Waals surface area contributed by atoms with E-state index in [2.05, 4.69) is 4.98 Å². The Hall–Kier alpha value is -3.51. The second kappa shape index (κ2) is 7.85. The van der Waals surface area contributed by atoms with Gasteiger partial charge in [0.2, 0.25) is 0 Å². The number of benzene rings is 2. The van der Waals surface area contributed by atoms with Crippen LogP contribution in [0.3, 0.4) is 0 Å². The molecule has 0 fully saturated rings. The van der Waals surface area contributed by atoms with Gasteiger partial charge in [-0.05, 0) is 29.8 Å². The summed E-state index contributed by atoms with van der Waals surface area (Å²) in [4.78, 5) is 42.8. The molecule has 1 aromatic heterocycles. The summed E-state index contributed by atoms with van der Waals surface area (Å²) in [6, 6.07) is 16.9. The summed E-state index contributed by atoms with van der Waals surface area (Å²) in [5.74, 6) is -1.39. The topological polar surface area (TPSA) is 76.6 Å². The van der Waals surface area contributed by atoms with E-state index in [1.807, 2.05) is 30.3 Å². The molecule has 3 aromatic rings. The van der Waals surface area contributed by atoms with Gasteiger partial charge in [-0.25, -0.2) is 9.78 Å². The summed E-state index contributed by atoms with van der Waals surface area (Å²) in [6.07, 6.45) is 1.52. The molecule has 7 heteroatoms. The van der Waals surface area contributed by atoms with Gasteiger partial charge in [0.25, 0.3) is 11.8 Å². The first-order valence-corrected chi connectivity index (χ1v) is 9.22. The molecule has 0 unspecified atom stereocenters. The number of pyridine rings is 1. The van der Waals surface area contributed by atoms with Gasteiger partial charge in [-0.1, -0.05) is 48.0 Å². The molecule has 0 N–H and O–H groups in total. The summed E-state index contributed by atoms with van der Waals surface area (Å²) in [5.41, 5.74) is 2.22. The number of aromatic nitrogens is 1. The van der Waals surface area contributed by atoms with E-state index in [-0.39, 0.29) is 35.7 Å². The van der Waals surface area contributed by atoms with Crippen molar-refractivity contribution in [1.82, 2.24) is 9.88 Å². The van der Waals surface area contributed by atoms with Crippen LogP contribution in [-0.4, -0.2) is 27.7 Å². The zero-order valence-corrected chi connectivity index (χ0v) is 15.9. The molecule has 2 aromatic carbocycles. The molecule has 0 radical (unpaired) electrons. The highest BCUT2D eigenvalue weighted by atomic mass is 35.5. The van der Waals surface area contributed by atoms with Crippen LogP contribution in [0.5, 0.6) is 0 Å². The van der Waals surface area contributed by atoms with Crippen molar-refractivity contribution >= 4 is 29.4 Å². The van der Waals surface area contributed by atoms with Crippen LogP contribution in [0.15, 0.2) is 66.9 Å². The molecule has 0 aliphatic carbocycles. The Bertz CT molecular complexity index is 1100. The number of ether oxygens (including phenoxy) is 1. The summed E-state index contributed by atoms with van der Waals surface area (Å²) in [6.45, 7) is 0.198. The number of imide groups is 1. The average Bonchev–Trinajstić information content (AvgIpc) is 2.98. The standard InChI is InChI=1S/C22H15ClN2O4/c23-19-9-6-15(11-24-19)13-29-22(28)16-7-8-17-18(10-16)21(27)25(20(17)26)12-14-4-2-1-3-5-14/h1-11H,12-13H2. The van der Waals surface area contributed by atoms with Gasteiger partial charge in [0.05, 0.1) is 23.2 Å². The Morgan fingerprint density at radius 1 is 0.931 bits per heavy atom. The van der Waals surface area contributed by atoms with Gasteiger partial charge >= 0.3 is 5.97 Å². The Morgan fingerprint density at radius 2 is 1.69 bits per heavy atom. The number of hydrogen-bond donors (Lipinski definition) is 0. The van der Waals surface area contributed by atoms with Crippen LogP contribution in [-0.2, 0) is 17.9 Å². The van der Waals surface area contributed by atoms with Crippen LogP contribution in [0.25, 0.3) is 0 Å². The monoisotopic (exact) mass is 406 g/mol. The van der Waals surface area contributed by atoms with Crippen LogP contribution in [0.2, 0.25) is 5.15 Å². The van der Waals surface area contributed by atoms with Gasteiger partial charge < -0.3 is 4.74 Å². The molecule has 6 nitrogen and oxygen atoms in total. The number of nitrogens with zero attached hydrogens (tertiary/aromatic N) is 2. The van der Waals surface area contributed by atoms with E-state index >= 15 is 0 Å². The fourth-order valence-electron chi connectivity index (χ4n) is 3.05. The van der Waals surface area contributed by atoms with Crippen molar-refractivity contribution in [2.45, 2.75) is 13.2 Å². The number of carbonyl (C=O) groups excluding carboxylic acids is 3. The number of amides is 2. The molecule has 2 amide bonds. The molecule has 1 aliphatic heterocycles. The predicted molar refractivity (Wildman–Crippen MR) is 105 cm³/mol. The van der Waals surface area contributed by atoms with Crippen molar-refractivity contribution in [3.8, 4) is 0 Å². The summed E-state index contributed by atoms with van der Waals surface area (Å²) >= 11 is 5.73. The molecule has 2 heterocycles. The molecular formula is C22H15ClN2O4. The van der Waals surface area contributed by atoms with Crippen molar-refractivity contribution in [2.75, 3.05) is 0 Å². The zero-order chi connectivity index (χ0) is 20.4. The van der Waals surface area contributed by atoms with Crippen LogP contribution in [0, 0.1) is 0 Å². The van der Waals surface area contributed by atoms with Crippen molar-refractivity contribution in [2.24, 2.45) is 0 Å². The molecule has 29 heavy (non-hydrogen) atoms. The largest absolute Gasteiger partial charge is 0.457 e. The van der Waals surface area contributed by atoms with Gasteiger partial charge in [0.15, 0.2) is 0 Å². The fraction of sp³-hybridized carbons (Fsp3) is 0.0909. The van der Waals surface area contributed by atoms with Gasteiger partial charge in [-0.2, -0.15) is 0 Å². The maximum atomic E-state index is 12.7. The highest BCUT2D eigenvalue weighted by Gasteiger charge is 2.36. The molecule has 0 atom stereocenters. The number of fused-ring (bicyclic) bond motifs is 1. The van der Waals surface area contributed by atoms with E-state index < -0.39 is 11.9 Å². The van der Waals surface area contributed by atoms with E-state index in [0.717, 1.165) is 5.56 Å². The highest BCUT2D eigenvalue weighted by molar-refractivity contribution is 6.29. The molecule has 0 saturated heterocycles. The van der Waals surface area contributed by atoms with Crippen molar-refractivity contribution in [3.05, 3.63) is 99.8 Å². The van der Waals surface area contributed by atoms with Crippen LogP contribution in [0.4, 0.5) is 0 Å². The Kier molecular flexibility index (Phi) is 5.10. The summed E-state index contributed by atoms with van der Waals surface area (Å²) in [5, 5.41) is 0.349. The lowest BCUT2D eigenvalue weighted by molar-refractivity contribution is 0.0472. The number of carbonyl (C=O) groups is 3. The van der Waals surface area contributed by atoms with Crippen molar-refractivity contribution < 1.29 is 19.1 Å². The molecule has 0 bridgehead atoms. The number of rotatable bonds is 5. The third-order valence-electron chi connectivity index (χ3n) is 4.55. The maximum Gasteiger partial charge on any atom is 0.338 e. The second-order valence-corrected chi connectivity index (χ2v) is 6.89. The Morgan fingerprint density at radius 3 is 2.41 bits per heavy atom.